The minimum atomic E-state index is -0.502. The number of fused-ring (bicyclic) bond motifs is 1. The summed E-state index contributed by atoms with van der Waals surface area (Å²) in [5.41, 5.74) is 2.03. The lowest BCUT2D eigenvalue weighted by Gasteiger charge is -2.13. The number of aromatic nitrogens is 1. The summed E-state index contributed by atoms with van der Waals surface area (Å²) in [6.07, 6.45) is 3.80. The van der Waals surface area contributed by atoms with Crippen molar-refractivity contribution in [3.8, 4) is 11.5 Å². The van der Waals surface area contributed by atoms with Crippen molar-refractivity contribution in [2.45, 2.75) is 53.2 Å². The maximum Gasteiger partial charge on any atom is 0.163 e. The Morgan fingerprint density at radius 2 is 1.73 bits per heavy atom. The molecule has 0 aliphatic heterocycles. The summed E-state index contributed by atoms with van der Waals surface area (Å²) in [4.78, 5) is 0. The second-order valence-corrected chi connectivity index (χ2v) is 5.49. The third-order valence-corrected chi connectivity index (χ3v) is 3.78. The van der Waals surface area contributed by atoms with Crippen LogP contribution in [0.25, 0.3) is 10.9 Å². The van der Waals surface area contributed by atoms with Gasteiger partial charge in [0.2, 0.25) is 0 Å². The van der Waals surface area contributed by atoms with E-state index in [1.165, 1.54) is 0 Å². The highest BCUT2D eigenvalue weighted by Gasteiger charge is 2.16. The fraction of sp³-hybridized carbons (Fsp3) is 0.556. The Morgan fingerprint density at radius 1 is 1.09 bits per heavy atom. The normalized spacial score (nSPS) is 12.6. The Balaban J connectivity index is 2.59. The van der Waals surface area contributed by atoms with Crippen molar-refractivity contribution in [3.05, 3.63) is 23.9 Å². The van der Waals surface area contributed by atoms with Crippen LogP contribution < -0.4 is 9.47 Å². The second kappa shape index (κ2) is 7.54. The van der Waals surface area contributed by atoms with Gasteiger partial charge in [0.25, 0.3) is 0 Å². The zero-order valence-corrected chi connectivity index (χ0v) is 14.1. The van der Waals surface area contributed by atoms with Gasteiger partial charge in [0.15, 0.2) is 11.5 Å². The highest BCUT2D eigenvalue weighted by molar-refractivity contribution is 5.87. The minimum Gasteiger partial charge on any atom is -0.490 e. The molecule has 4 heteroatoms. The van der Waals surface area contributed by atoms with Crippen molar-refractivity contribution in [3.63, 3.8) is 0 Å². The van der Waals surface area contributed by atoms with E-state index in [1.807, 2.05) is 26.0 Å². The molecule has 1 atom stereocenters. The van der Waals surface area contributed by atoms with Crippen molar-refractivity contribution < 1.29 is 14.6 Å². The van der Waals surface area contributed by atoms with Crippen LogP contribution >= 0.6 is 0 Å². The molecule has 0 aliphatic carbocycles. The van der Waals surface area contributed by atoms with E-state index in [4.69, 9.17) is 9.47 Å². The third kappa shape index (κ3) is 3.38. The number of unbranched alkanes of at least 4 members (excludes halogenated alkanes) is 1. The third-order valence-electron chi connectivity index (χ3n) is 3.78. The van der Waals surface area contributed by atoms with Gasteiger partial charge in [-0.15, -0.1) is 0 Å². The quantitative estimate of drug-likeness (QED) is 0.791. The van der Waals surface area contributed by atoms with E-state index < -0.39 is 6.10 Å². The van der Waals surface area contributed by atoms with Crippen molar-refractivity contribution in [1.29, 1.82) is 0 Å². The first kappa shape index (κ1) is 16.7. The van der Waals surface area contributed by atoms with Gasteiger partial charge < -0.3 is 19.1 Å². The van der Waals surface area contributed by atoms with Crippen molar-refractivity contribution in [2.24, 2.45) is 0 Å². The summed E-state index contributed by atoms with van der Waals surface area (Å²) in [5.74, 6) is 1.51. The Kier molecular flexibility index (Phi) is 5.72. The molecule has 122 valence electrons. The molecule has 1 aromatic heterocycles. The van der Waals surface area contributed by atoms with E-state index in [2.05, 4.69) is 17.7 Å². The fourth-order valence-electron chi connectivity index (χ4n) is 2.71. The molecule has 0 fully saturated rings. The Labute approximate surface area is 132 Å². The lowest BCUT2D eigenvalue weighted by Crippen LogP contribution is -2.00. The molecule has 1 heterocycles. The number of hydrogen-bond donors (Lipinski definition) is 1. The Morgan fingerprint density at radius 3 is 2.27 bits per heavy atom. The van der Waals surface area contributed by atoms with Crippen molar-refractivity contribution in [1.82, 2.24) is 4.57 Å². The number of aryl methyl sites for hydroxylation is 1. The molecule has 2 rings (SSSR count). The van der Waals surface area contributed by atoms with Crippen LogP contribution in [0.5, 0.6) is 11.5 Å². The summed E-state index contributed by atoms with van der Waals surface area (Å²) in [6.45, 7) is 10.0. The maximum atomic E-state index is 10.1. The van der Waals surface area contributed by atoms with E-state index in [1.54, 1.807) is 6.92 Å². The summed E-state index contributed by atoms with van der Waals surface area (Å²) in [7, 11) is 0. The molecule has 4 nitrogen and oxygen atoms in total. The maximum absolute atomic E-state index is 10.1. The monoisotopic (exact) mass is 305 g/mol. The lowest BCUT2D eigenvalue weighted by atomic mass is 10.1. The second-order valence-electron chi connectivity index (χ2n) is 5.49. The molecule has 2 aromatic rings. The molecule has 0 saturated carbocycles. The molecular formula is C18H27NO3. The zero-order valence-electron chi connectivity index (χ0n) is 14.1. The van der Waals surface area contributed by atoms with E-state index in [0.29, 0.717) is 13.2 Å². The van der Waals surface area contributed by atoms with Gasteiger partial charge in [0, 0.05) is 29.8 Å². The van der Waals surface area contributed by atoms with Crippen molar-refractivity contribution >= 4 is 10.9 Å². The van der Waals surface area contributed by atoms with Crippen molar-refractivity contribution in [2.75, 3.05) is 13.2 Å². The van der Waals surface area contributed by atoms with Gasteiger partial charge in [0.1, 0.15) is 0 Å². The zero-order chi connectivity index (χ0) is 16.1. The number of rotatable bonds is 8. The number of aliphatic hydroxyl groups excluding tert-OH is 1. The first-order valence-corrected chi connectivity index (χ1v) is 8.22. The lowest BCUT2D eigenvalue weighted by molar-refractivity contribution is 0.200. The molecule has 0 saturated heterocycles. The van der Waals surface area contributed by atoms with Crippen LogP contribution in [0, 0.1) is 0 Å². The topological polar surface area (TPSA) is 43.6 Å². The largest absolute Gasteiger partial charge is 0.490 e. The summed E-state index contributed by atoms with van der Waals surface area (Å²) in [6, 6.07) is 4.03. The predicted molar refractivity (Wildman–Crippen MR) is 89.8 cm³/mol. The van der Waals surface area contributed by atoms with Crippen LogP contribution in [0.3, 0.4) is 0 Å². The predicted octanol–water partition coefficient (Wildman–Crippen LogP) is 4.29. The number of aliphatic hydroxyl groups is 1. The molecule has 0 bridgehead atoms. The van der Waals surface area contributed by atoms with Gasteiger partial charge >= 0.3 is 0 Å². The number of hydrogen-bond acceptors (Lipinski definition) is 3. The Bertz CT molecular complexity index is 616. The SMILES string of the molecule is CCCCn1cc(C(C)O)c2cc(OCC)c(OCC)cc21. The van der Waals surface area contributed by atoms with Gasteiger partial charge in [-0.1, -0.05) is 13.3 Å². The first-order valence-electron chi connectivity index (χ1n) is 8.22. The Hall–Kier alpha value is -1.68. The minimum absolute atomic E-state index is 0.502. The summed E-state index contributed by atoms with van der Waals surface area (Å²) >= 11 is 0. The van der Waals surface area contributed by atoms with Crippen LogP contribution in [-0.2, 0) is 6.54 Å². The fourth-order valence-corrected chi connectivity index (χ4v) is 2.71. The van der Waals surface area contributed by atoms with E-state index in [-0.39, 0.29) is 0 Å². The van der Waals surface area contributed by atoms with E-state index in [0.717, 1.165) is 47.4 Å². The molecular weight excluding hydrogens is 278 g/mol. The van der Waals surface area contributed by atoms with Gasteiger partial charge in [-0.3, -0.25) is 0 Å². The molecule has 22 heavy (non-hydrogen) atoms. The molecule has 0 amide bonds. The van der Waals surface area contributed by atoms with Crippen LogP contribution in [0.15, 0.2) is 18.3 Å². The number of ether oxygens (including phenoxy) is 2. The first-order chi connectivity index (χ1) is 10.6. The van der Waals surface area contributed by atoms with Crippen LogP contribution in [-0.4, -0.2) is 22.9 Å². The molecule has 1 N–H and O–H groups in total. The molecule has 0 aliphatic rings. The van der Waals surface area contributed by atoms with Crippen LogP contribution in [0.4, 0.5) is 0 Å². The standard InChI is InChI=1S/C18H27NO3/c1-5-8-9-19-12-15(13(4)20)14-10-17(21-6-2)18(22-7-3)11-16(14)19/h10-13,20H,5-9H2,1-4H3. The van der Waals surface area contributed by atoms with E-state index in [9.17, 15) is 5.11 Å². The number of nitrogens with zero attached hydrogens (tertiary/aromatic N) is 1. The van der Waals surface area contributed by atoms with Gasteiger partial charge in [-0.05, 0) is 33.3 Å². The van der Waals surface area contributed by atoms with Gasteiger partial charge in [-0.25, -0.2) is 0 Å². The van der Waals surface area contributed by atoms with Crippen LogP contribution in [0.2, 0.25) is 0 Å². The van der Waals surface area contributed by atoms with Crippen LogP contribution in [0.1, 0.15) is 52.2 Å². The van der Waals surface area contributed by atoms with Gasteiger partial charge in [0.05, 0.1) is 24.8 Å². The highest BCUT2D eigenvalue weighted by atomic mass is 16.5. The summed E-state index contributed by atoms with van der Waals surface area (Å²) in [5, 5.41) is 11.1. The molecule has 1 aromatic carbocycles. The average Bonchev–Trinajstić information content (AvgIpc) is 2.84. The highest BCUT2D eigenvalue weighted by Crippen LogP contribution is 2.37. The van der Waals surface area contributed by atoms with Gasteiger partial charge in [-0.2, -0.15) is 0 Å². The molecule has 1 unspecified atom stereocenters. The average molecular weight is 305 g/mol. The van der Waals surface area contributed by atoms with E-state index >= 15 is 0 Å². The molecule has 0 spiro atoms. The number of benzene rings is 1. The summed E-state index contributed by atoms with van der Waals surface area (Å²) < 4.78 is 13.6. The smallest absolute Gasteiger partial charge is 0.163 e. The molecule has 0 radical (unpaired) electrons.